The molecule has 0 radical (unpaired) electrons. The van der Waals surface area contributed by atoms with E-state index in [9.17, 15) is 4.79 Å². The summed E-state index contributed by atoms with van der Waals surface area (Å²) < 4.78 is 0. The summed E-state index contributed by atoms with van der Waals surface area (Å²) in [5.74, 6) is 1.08. The van der Waals surface area contributed by atoms with Crippen LogP contribution < -0.4 is 15.5 Å². The molecule has 1 aromatic heterocycles. The quantitative estimate of drug-likeness (QED) is 0.817. The number of rotatable bonds is 7. The molecule has 122 valence electrons. The lowest BCUT2D eigenvalue weighted by Crippen LogP contribution is -2.20. The van der Waals surface area contributed by atoms with Crippen molar-refractivity contribution in [3.63, 3.8) is 0 Å². The molecule has 7 heteroatoms. The van der Waals surface area contributed by atoms with Crippen molar-refractivity contribution in [2.75, 3.05) is 29.1 Å². The van der Waals surface area contributed by atoms with Gasteiger partial charge in [0.25, 0.3) is 0 Å². The van der Waals surface area contributed by atoms with E-state index in [2.05, 4.69) is 37.6 Å². The number of carbonyl (C=O) groups excluding carboxylic acids is 1. The van der Waals surface area contributed by atoms with Crippen molar-refractivity contribution in [1.29, 1.82) is 0 Å². The molecule has 1 heterocycles. The third-order valence-electron chi connectivity index (χ3n) is 3.22. The second-order valence-electron chi connectivity index (χ2n) is 5.30. The van der Waals surface area contributed by atoms with Crippen LogP contribution in [0.15, 0.2) is 30.5 Å². The molecule has 23 heavy (non-hydrogen) atoms. The van der Waals surface area contributed by atoms with E-state index >= 15 is 0 Å². The van der Waals surface area contributed by atoms with Crippen LogP contribution >= 0.6 is 0 Å². The molecule has 2 N–H and O–H groups in total. The van der Waals surface area contributed by atoms with Crippen molar-refractivity contribution in [3.8, 4) is 0 Å². The van der Waals surface area contributed by atoms with Crippen LogP contribution in [0.3, 0.4) is 0 Å². The van der Waals surface area contributed by atoms with Crippen LogP contribution in [0.2, 0.25) is 0 Å². The van der Waals surface area contributed by atoms with Gasteiger partial charge in [-0.1, -0.05) is 19.4 Å². The van der Waals surface area contributed by atoms with Gasteiger partial charge in [-0.2, -0.15) is 10.1 Å². The Bertz CT molecular complexity index is 661. The maximum Gasteiger partial charge on any atom is 0.249 e. The predicted molar refractivity (Wildman–Crippen MR) is 92.0 cm³/mol. The molecule has 2 rings (SSSR count). The molecule has 1 amide bonds. The monoisotopic (exact) mass is 314 g/mol. The van der Waals surface area contributed by atoms with Gasteiger partial charge in [0.05, 0.1) is 6.20 Å². The number of amides is 1. The first-order valence-electron chi connectivity index (χ1n) is 7.64. The average molecular weight is 314 g/mol. The van der Waals surface area contributed by atoms with Crippen LogP contribution in [0.5, 0.6) is 0 Å². The highest BCUT2D eigenvalue weighted by Gasteiger charge is 2.06. The minimum atomic E-state index is -0.111. The van der Waals surface area contributed by atoms with Crippen LogP contribution in [-0.2, 0) is 4.79 Å². The highest BCUT2D eigenvalue weighted by atomic mass is 16.1. The van der Waals surface area contributed by atoms with E-state index in [4.69, 9.17) is 0 Å². The smallest absolute Gasteiger partial charge is 0.249 e. The maximum absolute atomic E-state index is 11.1. The molecule has 0 saturated carbocycles. The Labute approximate surface area is 136 Å². The lowest BCUT2D eigenvalue weighted by molar-refractivity contribution is -0.114. The molecule has 1 aromatic carbocycles. The fraction of sp³-hybridized carbons (Fsp3) is 0.375. The van der Waals surface area contributed by atoms with E-state index in [-0.39, 0.29) is 5.91 Å². The fourth-order valence-electron chi connectivity index (χ4n) is 2.05. The maximum atomic E-state index is 11.1. The number of aromatic nitrogens is 3. The van der Waals surface area contributed by atoms with Gasteiger partial charge in [-0.25, -0.2) is 0 Å². The summed E-state index contributed by atoms with van der Waals surface area (Å²) in [6.45, 7) is 4.55. The third kappa shape index (κ3) is 5.21. The Morgan fingerprint density at radius 2 is 2.09 bits per heavy atom. The molecule has 0 aliphatic carbocycles. The zero-order chi connectivity index (χ0) is 16.7. The Morgan fingerprint density at radius 1 is 1.30 bits per heavy atom. The molecule has 0 fully saturated rings. The predicted octanol–water partition coefficient (Wildman–Crippen LogP) is 2.81. The van der Waals surface area contributed by atoms with Crippen LogP contribution in [0.4, 0.5) is 23.1 Å². The number of carbonyl (C=O) groups is 1. The second kappa shape index (κ2) is 8.07. The van der Waals surface area contributed by atoms with Gasteiger partial charge in [-0.05, 0) is 24.6 Å². The van der Waals surface area contributed by atoms with Gasteiger partial charge in [-0.3, -0.25) is 4.79 Å². The summed E-state index contributed by atoms with van der Waals surface area (Å²) in [5.41, 5.74) is 1.50. The molecule has 0 atom stereocenters. The Balaban J connectivity index is 2.09. The number of nitrogens with zero attached hydrogens (tertiary/aromatic N) is 4. The summed E-state index contributed by atoms with van der Waals surface area (Å²) >= 11 is 0. The number of nitrogens with one attached hydrogen (secondary N) is 2. The normalized spacial score (nSPS) is 10.2. The summed E-state index contributed by atoms with van der Waals surface area (Å²) in [7, 11) is 1.99. The van der Waals surface area contributed by atoms with E-state index < -0.39 is 0 Å². The van der Waals surface area contributed by atoms with Crippen molar-refractivity contribution in [1.82, 2.24) is 15.2 Å². The molecule has 2 aromatic rings. The number of unbranched alkanes of at least 4 members (excludes halogenated alkanes) is 1. The lowest BCUT2D eigenvalue weighted by atomic mass is 10.3. The summed E-state index contributed by atoms with van der Waals surface area (Å²) in [6, 6.07) is 7.36. The van der Waals surface area contributed by atoms with E-state index in [0.29, 0.717) is 11.6 Å². The summed E-state index contributed by atoms with van der Waals surface area (Å²) in [6.07, 6.45) is 3.88. The summed E-state index contributed by atoms with van der Waals surface area (Å²) in [4.78, 5) is 17.6. The van der Waals surface area contributed by atoms with Crippen molar-refractivity contribution in [3.05, 3.63) is 30.5 Å². The molecular formula is C16H22N6O. The first-order valence-corrected chi connectivity index (χ1v) is 7.64. The topological polar surface area (TPSA) is 83.0 Å². The minimum absolute atomic E-state index is 0.111. The molecular weight excluding hydrogens is 292 g/mol. The minimum Gasteiger partial charge on any atom is -0.358 e. The lowest BCUT2D eigenvalue weighted by Gasteiger charge is -2.17. The molecule has 0 spiro atoms. The van der Waals surface area contributed by atoms with Crippen LogP contribution in [0, 0.1) is 0 Å². The number of anilines is 4. The van der Waals surface area contributed by atoms with Crippen LogP contribution in [-0.4, -0.2) is 34.7 Å². The molecule has 7 nitrogen and oxygen atoms in total. The number of hydrogen-bond acceptors (Lipinski definition) is 6. The highest BCUT2D eigenvalue weighted by Crippen LogP contribution is 2.19. The average Bonchev–Trinajstić information content (AvgIpc) is 2.52. The summed E-state index contributed by atoms with van der Waals surface area (Å²) in [5, 5.41) is 13.8. The zero-order valence-electron chi connectivity index (χ0n) is 13.7. The molecule has 0 bridgehead atoms. The standard InChI is InChI=1S/C16H22N6O/c1-4-5-9-22(3)15-11-17-21-16(20-15)19-14-8-6-7-13(10-14)18-12(2)23/h6-8,10-11H,4-5,9H2,1-3H3,(H,18,23)(H,19,20,21). The van der Waals surface area contributed by atoms with E-state index in [0.717, 1.165) is 30.9 Å². The van der Waals surface area contributed by atoms with Crippen LogP contribution in [0.1, 0.15) is 26.7 Å². The van der Waals surface area contributed by atoms with Crippen molar-refractivity contribution < 1.29 is 4.79 Å². The Morgan fingerprint density at radius 3 is 2.83 bits per heavy atom. The molecule has 0 unspecified atom stereocenters. The SMILES string of the molecule is CCCCN(C)c1cnnc(Nc2cccc(NC(C)=O)c2)n1. The van der Waals surface area contributed by atoms with E-state index in [1.54, 1.807) is 6.20 Å². The second-order valence-corrected chi connectivity index (χ2v) is 5.30. The van der Waals surface area contributed by atoms with E-state index in [1.807, 2.05) is 31.3 Å². The van der Waals surface area contributed by atoms with E-state index in [1.165, 1.54) is 6.92 Å². The zero-order valence-corrected chi connectivity index (χ0v) is 13.7. The van der Waals surface area contributed by atoms with Crippen molar-refractivity contribution in [2.24, 2.45) is 0 Å². The van der Waals surface area contributed by atoms with Crippen molar-refractivity contribution in [2.45, 2.75) is 26.7 Å². The Hall–Kier alpha value is -2.70. The first kappa shape index (κ1) is 16.7. The van der Waals surface area contributed by atoms with Crippen LogP contribution in [0.25, 0.3) is 0 Å². The van der Waals surface area contributed by atoms with Crippen molar-refractivity contribution >= 4 is 29.0 Å². The fourth-order valence-corrected chi connectivity index (χ4v) is 2.05. The third-order valence-corrected chi connectivity index (χ3v) is 3.22. The van der Waals surface area contributed by atoms with Gasteiger partial charge in [0, 0.05) is 31.9 Å². The van der Waals surface area contributed by atoms with Gasteiger partial charge in [0.1, 0.15) is 0 Å². The van der Waals surface area contributed by atoms with Gasteiger partial charge in [0.15, 0.2) is 5.82 Å². The van der Waals surface area contributed by atoms with Gasteiger partial charge in [0.2, 0.25) is 11.9 Å². The number of benzene rings is 1. The molecule has 0 aliphatic rings. The molecule has 0 saturated heterocycles. The molecule has 0 aliphatic heterocycles. The number of hydrogen-bond donors (Lipinski definition) is 2. The van der Waals surface area contributed by atoms with Gasteiger partial charge < -0.3 is 15.5 Å². The highest BCUT2D eigenvalue weighted by molar-refractivity contribution is 5.89. The first-order chi connectivity index (χ1) is 11.1. The Kier molecular flexibility index (Phi) is 5.85. The van der Waals surface area contributed by atoms with Gasteiger partial charge in [-0.15, -0.1) is 5.10 Å². The van der Waals surface area contributed by atoms with Gasteiger partial charge >= 0.3 is 0 Å². The largest absolute Gasteiger partial charge is 0.358 e.